The van der Waals surface area contributed by atoms with Crippen LogP contribution in [0.25, 0.3) is 39.9 Å². The molecule has 0 atom stereocenters. The van der Waals surface area contributed by atoms with E-state index in [-0.39, 0.29) is 28.8 Å². The monoisotopic (exact) mass is 505 g/mol. The lowest BCUT2D eigenvalue weighted by Gasteiger charge is -2.11. The molecule has 0 saturated heterocycles. The third-order valence-corrected chi connectivity index (χ3v) is 5.47. The van der Waals surface area contributed by atoms with Crippen LogP contribution in [0.15, 0.2) is 59.1 Å². The fourth-order valence-corrected chi connectivity index (χ4v) is 3.79. The van der Waals surface area contributed by atoms with Gasteiger partial charge in [0.15, 0.2) is 17.0 Å². The zero-order valence-corrected chi connectivity index (χ0v) is 18.7. The highest BCUT2D eigenvalue weighted by Gasteiger charge is 2.35. The molecule has 0 radical (unpaired) electrons. The number of nitrogens with zero attached hydrogens (tertiary/aromatic N) is 5. The molecule has 3 aromatic heterocycles. The van der Waals surface area contributed by atoms with E-state index in [1.165, 1.54) is 19.2 Å². The summed E-state index contributed by atoms with van der Waals surface area (Å²) in [5, 5.41) is 8.60. The van der Waals surface area contributed by atoms with E-state index in [1.807, 2.05) is 0 Å². The molecular weight excluding hydrogens is 494 g/mol. The molecule has 0 N–H and O–H groups in total. The zero-order chi connectivity index (χ0) is 24.0. The van der Waals surface area contributed by atoms with Gasteiger partial charge in [-0.3, -0.25) is 0 Å². The van der Waals surface area contributed by atoms with E-state index in [4.69, 9.17) is 32.5 Å². The van der Waals surface area contributed by atoms with Crippen molar-refractivity contribution in [1.82, 2.24) is 24.7 Å². The lowest BCUT2D eigenvalue weighted by atomic mass is 10.1. The van der Waals surface area contributed by atoms with E-state index >= 15 is 0 Å². The molecule has 0 saturated carbocycles. The van der Waals surface area contributed by atoms with Crippen molar-refractivity contribution >= 4 is 28.8 Å². The summed E-state index contributed by atoms with van der Waals surface area (Å²) in [6.45, 7) is 0. The van der Waals surface area contributed by atoms with Crippen LogP contribution >= 0.6 is 23.2 Å². The number of hydrogen-bond acceptors (Lipinski definition) is 6. The smallest absolute Gasteiger partial charge is 0.433 e. The van der Waals surface area contributed by atoms with Crippen molar-refractivity contribution in [1.29, 1.82) is 0 Å². The maximum atomic E-state index is 13.9. The van der Waals surface area contributed by atoms with Crippen LogP contribution in [0.2, 0.25) is 10.0 Å². The highest BCUT2D eigenvalue weighted by atomic mass is 35.5. The van der Waals surface area contributed by atoms with Crippen LogP contribution in [0.3, 0.4) is 0 Å². The number of hydrogen-bond donors (Lipinski definition) is 0. The Morgan fingerprint density at radius 2 is 1.71 bits per heavy atom. The van der Waals surface area contributed by atoms with Gasteiger partial charge < -0.3 is 9.26 Å². The molecule has 0 aliphatic carbocycles. The largest absolute Gasteiger partial charge is 0.497 e. The van der Waals surface area contributed by atoms with Gasteiger partial charge in [-0.25, -0.2) is 9.50 Å². The first kappa shape index (κ1) is 22.2. The molecule has 34 heavy (non-hydrogen) atoms. The first-order valence-corrected chi connectivity index (χ1v) is 10.4. The summed E-state index contributed by atoms with van der Waals surface area (Å²) in [5.41, 5.74) is 0.0199. The van der Waals surface area contributed by atoms with Crippen LogP contribution in [0.1, 0.15) is 5.69 Å². The van der Waals surface area contributed by atoms with Crippen LogP contribution < -0.4 is 4.74 Å². The highest BCUT2D eigenvalue weighted by Crippen LogP contribution is 2.34. The number of aromatic nitrogens is 5. The van der Waals surface area contributed by atoms with Gasteiger partial charge in [0.2, 0.25) is 5.82 Å². The summed E-state index contributed by atoms with van der Waals surface area (Å²) in [6.07, 6.45) is -4.69. The number of halogens is 5. The Morgan fingerprint density at radius 1 is 0.941 bits per heavy atom. The van der Waals surface area contributed by atoms with Gasteiger partial charge in [-0.2, -0.15) is 23.3 Å². The second-order valence-corrected chi connectivity index (χ2v) is 7.94. The van der Waals surface area contributed by atoms with Gasteiger partial charge in [0.1, 0.15) is 5.75 Å². The second-order valence-electron chi connectivity index (χ2n) is 7.10. The van der Waals surface area contributed by atoms with Gasteiger partial charge in [0.05, 0.1) is 17.8 Å². The maximum absolute atomic E-state index is 13.9. The van der Waals surface area contributed by atoms with E-state index in [2.05, 4.69) is 20.2 Å². The third-order valence-electron chi connectivity index (χ3n) is 4.92. The molecule has 2 aromatic carbocycles. The minimum atomic E-state index is -4.69. The average Bonchev–Trinajstić information content (AvgIpc) is 3.45. The highest BCUT2D eigenvalue weighted by molar-refractivity contribution is 6.36. The second kappa shape index (κ2) is 8.30. The Bertz CT molecular complexity index is 1510. The predicted molar refractivity (Wildman–Crippen MR) is 119 cm³/mol. The lowest BCUT2D eigenvalue weighted by molar-refractivity contribution is -0.142. The van der Waals surface area contributed by atoms with E-state index in [0.29, 0.717) is 31.4 Å². The molecule has 0 aliphatic heterocycles. The van der Waals surface area contributed by atoms with Crippen LogP contribution in [0.4, 0.5) is 13.2 Å². The van der Waals surface area contributed by atoms with Crippen molar-refractivity contribution < 1.29 is 22.4 Å². The molecular formula is C22H12Cl2F3N5O2. The first-order valence-electron chi connectivity index (χ1n) is 9.65. The third kappa shape index (κ3) is 4.06. The van der Waals surface area contributed by atoms with Crippen molar-refractivity contribution in [3.63, 3.8) is 0 Å². The van der Waals surface area contributed by atoms with Crippen LogP contribution in [-0.4, -0.2) is 31.8 Å². The SMILES string of the molecule is COc1ccc(-c2cc(C(F)(F)F)n3nc(-c4nc(-c5ccc(Cl)cc5Cl)no4)cc3n2)cc1. The standard InChI is InChI=1S/C22H12Cl2F3N5O2/c1-33-13-5-2-11(3-6-13)16-9-18(22(25,26)27)32-19(28-16)10-17(30-32)21-29-20(31-34-21)14-7-4-12(23)8-15(14)24/h2-10H,1H3. The average molecular weight is 506 g/mol. The number of alkyl halides is 3. The minimum absolute atomic E-state index is 0.0220. The van der Waals surface area contributed by atoms with Crippen molar-refractivity contribution in [2.75, 3.05) is 7.11 Å². The fraction of sp³-hybridized carbons (Fsp3) is 0.0909. The van der Waals surface area contributed by atoms with Crippen molar-refractivity contribution in [3.05, 3.63) is 70.3 Å². The molecule has 5 rings (SSSR count). The Balaban J connectivity index is 1.60. The lowest BCUT2D eigenvalue weighted by Crippen LogP contribution is -2.13. The van der Waals surface area contributed by atoms with Gasteiger partial charge in [-0.1, -0.05) is 28.4 Å². The van der Waals surface area contributed by atoms with Gasteiger partial charge in [-0.15, -0.1) is 0 Å². The van der Waals surface area contributed by atoms with E-state index in [0.717, 1.165) is 6.07 Å². The van der Waals surface area contributed by atoms with Gasteiger partial charge in [0, 0.05) is 22.2 Å². The minimum Gasteiger partial charge on any atom is -0.497 e. The summed E-state index contributed by atoms with van der Waals surface area (Å²) < 4.78 is 52.6. The van der Waals surface area contributed by atoms with Gasteiger partial charge in [-0.05, 0) is 48.5 Å². The topological polar surface area (TPSA) is 78.3 Å². The van der Waals surface area contributed by atoms with Crippen molar-refractivity contribution in [2.45, 2.75) is 6.18 Å². The molecule has 3 heterocycles. The molecule has 0 spiro atoms. The van der Waals surface area contributed by atoms with Crippen LogP contribution in [0.5, 0.6) is 5.75 Å². The maximum Gasteiger partial charge on any atom is 0.433 e. The van der Waals surface area contributed by atoms with Crippen LogP contribution in [0, 0.1) is 0 Å². The Hall–Kier alpha value is -3.63. The Morgan fingerprint density at radius 3 is 2.38 bits per heavy atom. The summed E-state index contributed by atoms with van der Waals surface area (Å²) >= 11 is 12.1. The number of fused-ring (bicyclic) bond motifs is 1. The predicted octanol–water partition coefficient (Wildman–Crippen LogP) is 6.45. The van der Waals surface area contributed by atoms with E-state index in [9.17, 15) is 13.2 Å². The van der Waals surface area contributed by atoms with Crippen molar-refractivity contribution in [2.24, 2.45) is 0 Å². The quantitative estimate of drug-likeness (QED) is 0.279. The molecule has 5 aromatic rings. The molecule has 172 valence electrons. The summed E-state index contributed by atoms with van der Waals surface area (Å²) in [5.74, 6) is 0.614. The fourth-order valence-electron chi connectivity index (χ4n) is 3.30. The summed E-state index contributed by atoms with van der Waals surface area (Å²) in [7, 11) is 1.50. The van der Waals surface area contributed by atoms with Gasteiger partial charge in [0.25, 0.3) is 5.89 Å². The van der Waals surface area contributed by atoms with Crippen molar-refractivity contribution in [3.8, 4) is 40.0 Å². The summed E-state index contributed by atoms with van der Waals surface area (Å²) in [4.78, 5) is 8.57. The van der Waals surface area contributed by atoms with Gasteiger partial charge >= 0.3 is 6.18 Å². The first-order chi connectivity index (χ1) is 16.2. The molecule has 0 unspecified atom stereocenters. The molecule has 0 aliphatic rings. The van der Waals surface area contributed by atoms with E-state index in [1.54, 1.807) is 36.4 Å². The normalized spacial score (nSPS) is 11.8. The molecule has 0 fully saturated rings. The molecule has 0 bridgehead atoms. The number of rotatable bonds is 4. The van der Waals surface area contributed by atoms with E-state index < -0.39 is 11.9 Å². The summed E-state index contributed by atoms with van der Waals surface area (Å²) in [6, 6.07) is 13.5. The number of methoxy groups -OCH3 is 1. The molecule has 7 nitrogen and oxygen atoms in total. The molecule has 12 heteroatoms. The number of ether oxygens (including phenoxy) is 1. The van der Waals surface area contributed by atoms with Crippen LogP contribution in [-0.2, 0) is 6.18 Å². The Kier molecular flexibility index (Phi) is 5.41. The zero-order valence-electron chi connectivity index (χ0n) is 17.1. The Labute approximate surface area is 199 Å². The molecule has 0 amide bonds. The number of benzene rings is 2.